The molecule has 0 bridgehead atoms. The number of sulfonamides is 1. The molecule has 1 N–H and O–H groups in total. The third kappa shape index (κ3) is 4.44. The van der Waals surface area contributed by atoms with Crippen LogP contribution in [0.5, 0.6) is 0 Å². The second-order valence-electron chi connectivity index (χ2n) is 6.23. The highest BCUT2D eigenvalue weighted by atomic mass is 32.2. The fourth-order valence-electron chi connectivity index (χ4n) is 3.01. The van der Waals surface area contributed by atoms with E-state index in [9.17, 15) is 13.2 Å². The fourth-order valence-corrected chi connectivity index (χ4v) is 4.45. The normalized spacial score (nSPS) is 16.3. The fraction of sp³-hybridized carbons (Fsp3) is 0.389. The van der Waals surface area contributed by atoms with Crippen molar-refractivity contribution in [2.24, 2.45) is 5.92 Å². The Kier molecular flexibility index (Phi) is 5.95. The average molecular weight is 374 g/mol. The Bertz CT molecular complexity index is 820. The van der Waals surface area contributed by atoms with Crippen LogP contribution in [0.2, 0.25) is 0 Å². The van der Waals surface area contributed by atoms with Gasteiger partial charge in [0, 0.05) is 56.3 Å². The van der Waals surface area contributed by atoms with Crippen molar-refractivity contribution in [1.29, 1.82) is 0 Å². The molecule has 0 unspecified atom stereocenters. The minimum absolute atomic E-state index is 0.0145. The van der Waals surface area contributed by atoms with E-state index in [4.69, 9.17) is 0 Å². The molecule has 1 aliphatic rings. The lowest BCUT2D eigenvalue weighted by atomic mass is 9.97. The van der Waals surface area contributed by atoms with Gasteiger partial charge in [0.25, 0.3) is 0 Å². The number of nitrogens with one attached hydrogen (secondary N) is 1. The van der Waals surface area contributed by atoms with Crippen LogP contribution in [-0.4, -0.2) is 48.2 Å². The molecule has 3 rings (SSSR count). The van der Waals surface area contributed by atoms with E-state index in [-0.39, 0.29) is 16.7 Å². The van der Waals surface area contributed by atoms with Crippen molar-refractivity contribution >= 4 is 15.9 Å². The highest BCUT2D eigenvalue weighted by Gasteiger charge is 2.32. The van der Waals surface area contributed by atoms with E-state index in [1.165, 1.54) is 10.5 Å². The first-order valence-corrected chi connectivity index (χ1v) is 10.1. The second kappa shape index (κ2) is 8.37. The number of amides is 1. The number of hydrogen-bond acceptors (Lipinski definition) is 5. The predicted molar refractivity (Wildman–Crippen MR) is 96.7 cm³/mol. The number of hydrogen-bond donors (Lipinski definition) is 1. The minimum Gasteiger partial charge on any atom is -0.355 e. The number of piperidine rings is 1. The van der Waals surface area contributed by atoms with Gasteiger partial charge in [-0.3, -0.25) is 14.8 Å². The minimum atomic E-state index is -3.53. The van der Waals surface area contributed by atoms with Crippen LogP contribution < -0.4 is 5.32 Å². The molecule has 26 heavy (non-hydrogen) atoms. The van der Waals surface area contributed by atoms with Crippen molar-refractivity contribution in [3.05, 3.63) is 54.6 Å². The van der Waals surface area contributed by atoms with Crippen molar-refractivity contribution in [3.8, 4) is 0 Å². The SMILES string of the molecule is O=C(NCCc1ccccn1)C1CCN(S(=O)(=O)c2cccnc2)CC1. The summed E-state index contributed by atoms with van der Waals surface area (Å²) in [6, 6.07) is 8.85. The summed E-state index contributed by atoms with van der Waals surface area (Å²) in [5.41, 5.74) is 0.935. The molecule has 0 radical (unpaired) electrons. The molecule has 138 valence electrons. The lowest BCUT2D eigenvalue weighted by Crippen LogP contribution is -2.43. The van der Waals surface area contributed by atoms with E-state index in [2.05, 4.69) is 15.3 Å². The first kappa shape index (κ1) is 18.5. The Morgan fingerprint density at radius 2 is 1.96 bits per heavy atom. The molecular weight excluding hydrogens is 352 g/mol. The molecule has 0 aliphatic carbocycles. The van der Waals surface area contributed by atoms with Gasteiger partial charge in [-0.25, -0.2) is 8.42 Å². The molecule has 1 saturated heterocycles. The topological polar surface area (TPSA) is 92.3 Å². The predicted octanol–water partition coefficient (Wildman–Crippen LogP) is 1.24. The van der Waals surface area contributed by atoms with E-state index in [1.54, 1.807) is 24.5 Å². The van der Waals surface area contributed by atoms with Gasteiger partial charge < -0.3 is 5.32 Å². The van der Waals surface area contributed by atoms with Crippen molar-refractivity contribution in [1.82, 2.24) is 19.6 Å². The average Bonchev–Trinajstić information content (AvgIpc) is 2.69. The summed E-state index contributed by atoms with van der Waals surface area (Å²) in [7, 11) is -3.53. The van der Waals surface area contributed by atoms with Gasteiger partial charge in [0.2, 0.25) is 15.9 Å². The summed E-state index contributed by atoms with van der Waals surface area (Å²) in [4.78, 5) is 20.6. The molecule has 2 aromatic rings. The molecule has 0 spiro atoms. The van der Waals surface area contributed by atoms with Crippen LogP contribution in [0.3, 0.4) is 0 Å². The highest BCUT2D eigenvalue weighted by Crippen LogP contribution is 2.23. The highest BCUT2D eigenvalue weighted by molar-refractivity contribution is 7.89. The zero-order valence-corrected chi connectivity index (χ0v) is 15.2. The Labute approximate surface area is 153 Å². The van der Waals surface area contributed by atoms with Crippen molar-refractivity contribution in [2.45, 2.75) is 24.2 Å². The molecule has 3 heterocycles. The number of rotatable bonds is 6. The number of nitrogens with zero attached hydrogens (tertiary/aromatic N) is 3. The van der Waals surface area contributed by atoms with E-state index in [0.717, 1.165) is 5.69 Å². The van der Waals surface area contributed by atoms with Crippen LogP contribution in [0, 0.1) is 5.92 Å². The van der Waals surface area contributed by atoms with Gasteiger partial charge >= 0.3 is 0 Å². The third-order valence-electron chi connectivity index (χ3n) is 4.50. The maximum Gasteiger partial charge on any atom is 0.244 e. The quantitative estimate of drug-likeness (QED) is 0.821. The standard InChI is InChI=1S/C18H22N4O3S/c23-18(21-11-6-16-4-1-2-10-20-16)15-7-12-22(13-8-15)26(24,25)17-5-3-9-19-14-17/h1-5,9-10,14-15H,6-8,11-13H2,(H,21,23). The van der Waals surface area contributed by atoms with Gasteiger partial charge in [0.05, 0.1) is 0 Å². The van der Waals surface area contributed by atoms with Gasteiger partial charge in [0.1, 0.15) is 4.90 Å². The maximum absolute atomic E-state index is 12.6. The number of carbonyl (C=O) groups excluding carboxylic acids is 1. The summed E-state index contributed by atoms with van der Waals surface area (Å²) >= 11 is 0. The first-order chi connectivity index (χ1) is 12.6. The maximum atomic E-state index is 12.6. The summed E-state index contributed by atoms with van der Waals surface area (Å²) in [5.74, 6) is -0.168. The zero-order chi connectivity index (χ0) is 18.4. The third-order valence-corrected chi connectivity index (χ3v) is 6.39. The van der Waals surface area contributed by atoms with Crippen molar-refractivity contribution in [3.63, 3.8) is 0 Å². The van der Waals surface area contributed by atoms with Crippen LogP contribution in [0.25, 0.3) is 0 Å². The summed E-state index contributed by atoms with van der Waals surface area (Å²) in [6.45, 7) is 1.22. The van der Waals surface area contributed by atoms with Crippen LogP contribution in [0.4, 0.5) is 0 Å². The van der Waals surface area contributed by atoms with E-state index in [0.29, 0.717) is 38.9 Å². The Hall–Kier alpha value is -2.32. The van der Waals surface area contributed by atoms with Gasteiger partial charge in [-0.05, 0) is 37.1 Å². The Morgan fingerprint density at radius 3 is 2.62 bits per heavy atom. The van der Waals surface area contributed by atoms with E-state index < -0.39 is 10.0 Å². The summed E-state index contributed by atoms with van der Waals surface area (Å²) in [6.07, 6.45) is 6.35. The zero-order valence-electron chi connectivity index (χ0n) is 14.4. The molecule has 1 aliphatic heterocycles. The smallest absolute Gasteiger partial charge is 0.244 e. The monoisotopic (exact) mass is 374 g/mol. The van der Waals surface area contributed by atoms with Gasteiger partial charge in [0.15, 0.2) is 0 Å². The number of pyridine rings is 2. The molecule has 0 saturated carbocycles. The second-order valence-corrected chi connectivity index (χ2v) is 8.17. The van der Waals surface area contributed by atoms with Gasteiger partial charge in [-0.2, -0.15) is 4.31 Å². The largest absolute Gasteiger partial charge is 0.355 e. The van der Waals surface area contributed by atoms with Crippen molar-refractivity contribution in [2.75, 3.05) is 19.6 Å². The lowest BCUT2D eigenvalue weighted by Gasteiger charge is -2.30. The molecule has 8 heteroatoms. The summed E-state index contributed by atoms with van der Waals surface area (Å²) in [5, 5.41) is 2.93. The molecule has 2 aromatic heterocycles. The van der Waals surface area contributed by atoms with E-state index >= 15 is 0 Å². The number of carbonyl (C=O) groups is 1. The van der Waals surface area contributed by atoms with Crippen LogP contribution >= 0.6 is 0 Å². The summed E-state index contributed by atoms with van der Waals surface area (Å²) < 4.78 is 26.6. The molecule has 7 nitrogen and oxygen atoms in total. The molecule has 1 amide bonds. The van der Waals surface area contributed by atoms with Crippen LogP contribution in [0.1, 0.15) is 18.5 Å². The molecule has 0 aromatic carbocycles. The number of aromatic nitrogens is 2. The van der Waals surface area contributed by atoms with Gasteiger partial charge in [-0.15, -0.1) is 0 Å². The Balaban J connectivity index is 1.48. The molecule has 0 atom stereocenters. The van der Waals surface area contributed by atoms with Crippen LogP contribution in [-0.2, 0) is 21.2 Å². The van der Waals surface area contributed by atoms with Gasteiger partial charge in [-0.1, -0.05) is 6.07 Å². The van der Waals surface area contributed by atoms with Crippen LogP contribution in [0.15, 0.2) is 53.8 Å². The molecule has 1 fully saturated rings. The van der Waals surface area contributed by atoms with E-state index in [1.807, 2.05) is 18.2 Å². The lowest BCUT2D eigenvalue weighted by molar-refractivity contribution is -0.126. The molecular formula is C18H22N4O3S. The van der Waals surface area contributed by atoms with Crippen molar-refractivity contribution < 1.29 is 13.2 Å². The Morgan fingerprint density at radius 1 is 1.15 bits per heavy atom. The first-order valence-electron chi connectivity index (χ1n) is 8.65.